The van der Waals surface area contributed by atoms with Crippen molar-refractivity contribution in [1.29, 1.82) is 0 Å². The highest BCUT2D eigenvalue weighted by Gasteiger charge is 2.33. The van der Waals surface area contributed by atoms with E-state index < -0.39 is 0 Å². The van der Waals surface area contributed by atoms with Gasteiger partial charge in [0.2, 0.25) is 11.9 Å². The molecule has 156 valence electrons. The SMILES string of the molecule is COc1ccc(CNC(=O)C(C)Sc2nnc(N3CCCCC3)n2C2CC2)cc1. The van der Waals surface area contributed by atoms with Crippen molar-refractivity contribution < 1.29 is 9.53 Å². The summed E-state index contributed by atoms with van der Waals surface area (Å²) in [6.07, 6.45) is 6.06. The van der Waals surface area contributed by atoms with E-state index in [0.717, 1.165) is 35.5 Å². The van der Waals surface area contributed by atoms with Gasteiger partial charge in [0.25, 0.3) is 0 Å². The lowest BCUT2D eigenvalue weighted by molar-refractivity contribution is -0.120. The largest absolute Gasteiger partial charge is 0.497 e. The van der Waals surface area contributed by atoms with Crippen LogP contribution in [0.25, 0.3) is 0 Å². The van der Waals surface area contributed by atoms with E-state index in [4.69, 9.17) is 4.74 Å². The standard InChI is InChI=1S/C21H29N5O2S/c1-15(19(27)22-14-16-6-10-18(28-2)11-7-16)29-21-24-23-20(26(21)17-8-9-17)25-12-4-3-5-13-25/h6-7,10-11,15,17H,3-5,8-9,12-14H2,1-2H3,(H,22,27). The van der Waals surface area contributed by atoms with E-state index in [-0.39, 0.29) is 11.2 Å². The number of ether oxygens (including phenoxy) is 1. The molecule has 4 rings (SSSR count). The van der Waals surface area contributed by atoms with Crippen LogP contribution in [0.1, 0.15) is 50.6 Å². The molecule has 7 nitrogen and oxygen atoms in total. The van der Waals surface area contributed by atoms with E-state index in [1.807, 2.05) is 31.2 Å². The van der Waals surface area contributed by atoms with Gasteiger partial charge in [-0.25, -0.2) is 0 Å². The van der Waals surface area contributed by atoms with Crippen LogP contribution in [0.15, 0.2) is 29.4 Å². The Morgan fingerprint density at radius 3 is 2.59 bits per heavy atom. The lowest BCUT2D eigenvalue weighted by Gasteiger charge is -2.28. The summed E-state index contributed by atoms with van der Waals surface area (Å²) in [5.41, 5.74) is 1.05. The molecular weight excluding hydrogens is 386 g/mol. The number of aromatic nitrogens is 3. The topological polar surface area (TPSA) is 72.3 Å². The average molecular weight is 416 g/mol. The van der Waals surface area contributed by atoms with Crippen molar-refractivity contribution in [1.82, 2.24) is 20.1 Å². The molecule has 1 saturated carbocycles. The minimum Gasteiger partial charge on any atom is -0.497 e. The van der Waals surface area contributed by atoms with Crippen LogP contribution in [0.3, 0.4) is 0 Å². The molecule has 2 heterocycles. The molecule has 0 radical (unpaired) electrons. The molecule has 2 aliphatic rings. The molecule has 2 aromatic rings. The molecule has 1 saturated heterocycles. The summed E-state index contributed by atoms with van der Waals surface area (Å²) in [7, 11) is 1.65. The molecule has 1 atom stereocenters. The first-order valence-corrected chi connectivity index (χ1v) is 11.3. The van der Waals surface area contributed by atoms with Gasteiger partial charge < -0.3 is 15.0 Å². The fraction of sp³-hybridized carbons (Fsp3) is 0.571. The highest BCUT2D eigenvalue weighted by atomic mass is 32.2. The zero-order chi connectivity index (χ0) is 20.2. The van der Waals surface area contributed by atoms with Crippen LogP contribution in [0.4, 0.5) is 5.95 Å². The third kappa shape index (κ3) is 4.86. The van der Waals surface area contributed by atoms with Gasteiger partial charge >= 0.3 is 0 Å². The molecule has 1 N–H and O–H groups in total. The van der Waals surface area contributed by atoms with Crippen molar-refractivity contribution in [3.05, 3.63) is 29.8 Å². The number of nitrogens with zero attached hydrogens (tertiary/aromatic N) is 4. The van der Waals surface area contributed by atoms with Gasteiger partial charge in [-0.1, -0.05) is 23.9 Å². The maximum atomic E-state index is 12.6. The Kier molecular flexibility index (Phi) is 6.28. The van der Waals surface area contributed by atoms with E-state index in [0.29, 0.717) is 12.6 Å². The number of benzene rings is 1. The molecular formula is C21H29N5O2S. The quantitative estimate of drug-likeness (QED) is 0.666. The number of thioether (sulfide) groups is 1. The van der Waals surface area contributed by atoms with Gasteiger partial charge in [-0.3, -0.25) is 9.36 Å². The Morgan fingerprint density at radius 2 is 1.93 bits per heavy atom. The first kappa shape index (κ1) is 20.1. The number of hydrogen-bond acceptors (Lipinski definition) is 6. The van der Waals surface area contributed by atoms with Crippen molar-refractivity contribution in [3.63, 3.8) is 0 Å². The second-order valence-corrected chi connectivity index (χ2v) is 9.07. The van der Waals surface area contributed by atoms with Gasteiger partial charge in [0, 0.05) is 25.7 Å². The summed E-state index contributed by atoms with van der Waals surface area (Å²) in [4.78, 5) is 15.0. The van der Waals surface area contributed by atoms with Gasteiger partial charge in [0.05, 0.1) is 12.4 Å². The molecule has 2 fully saturated rings. The summed E-state index contributed by atoms with van der Waals surface area (Å²) in [6, 6.07) is 8.22. The normalized spacial score (nSPS) is 17.8. The maximum absolute atomic E-state index is 12.6. The van der Waals surface area contributed by atoms with E-state index >= 15 is 0 Å². The zero-order valence-corrected chi connectivity index (χ0v) is 18.0. The predicted octanol–water partition coefficient (Wildman–Crippen LogP) is 3.41. The first-order valence-electron chi connectivity index (χ1n) is 10.4. The van der Waals surface area contributed by atoms with E-state index in [2.05, 4.69) is 25.0 Å². The zero-order valence-electron chi connectivity index (χ0n) is 17.1. The number of carbonyl (C=O) groups excluding carboxylic acids is 1. The lowest BCUT2D eigenvalue weighted by atomic mass is 10.1. The number of nitrogens with one attached hydrogen (secondary N) is 1. The summed E-state index contributed by atoms with van der Waals surface area (Å²) >= 11 is 1.50. The third-order valence-electron chi connectivity index (χ3n) is 5.47. The fourth-order valence-corrected chi connectivity index (χ4v) is 4.54. The van der Waals surface area contributed by atoms with Gasteiger partial charge in [0.1, 0.15) is 5.75 Å². The number of hydrogen-bond donors (Lipinski definition) is 1. The minimum atomic E-state index is -0.232. The number of carbonyl (C=O) groups is 1. The molecule has 29 heavy (non-hydrogen) atoms. The predicted molar refractivity (Wildman–Crippen MR) is 115 cm³/mol. The van der Waals surface area contributed by atoms with Crippen molar-refractivity contribution in [2.45, 2.75) is 62.0 Å². The van der Waals surface area contributed by atoms with Crippen LogP contribution >= 0.6 is 11.8 Å². The molecule has 1 unspecified atom stereocenters. The van der Waals surface area contributed by atoms with Crippen molar-refractivity contribution in [2.75, 3.05) is 25.1 Å². The van der Waals surface area contributed by atoms with Crippen molar-refractivity contribution in [2.24, 2.45) is 0 Å². The molecule has 1 amide bonds. The highest BCUT2D eigenvalue weighted by molar-refractivity contribution is 8.00. The highest BCUT2D eigenvalue weighted by Crippen LogP contribution is 2.42. The third-order valence-corrected chi connectivity index (χ3v) is 6.53. The Balaban J connectivity index is 1.37. The maximum Gasteiger partial charge on any atom is 0.233 e. The minimum absolute atomic E-state index is 0.00990. The van der Waals surface area contributed by atoms with Gasteiger partial charge in [-0.2, -0.15) is 0 Å². The Morgan fingerprint density at radius 1 is 1.21 bits per heavy atom. The van der Waals surface area contributed by atoms with Gasteiger partial charge in [0.15, 0.2) is 5.16 Å². The summed E-state index contributed by atoms with van der Waals surface area (Å²) in [5, 5.41) is 12.6. The number of methoxy groups -OCH3 is 1. The number of anilines is 1. The number of amides is 1. The van der Waals surface area contributed by atoms with Crippen LogP contribution in [-0.4, -0.2) is 46.1 Å². The summed E-state index contributed by atoms with van der Waals surface area (Å²) in [5.74, 6) is 1.81. The molecule has 8 heteroatoms. The summed E-state index contributed by atoms with van der Waals surface area (Å²) < 4.78 is 7.44. The van der Waals surface area contributed by atoms with E-state index in [1.165, 1.54) is 43.9 Å². The lowest BCUT2D eigenvalue weighted by Crippen LogP contribution is -2.32. The summed E-state index contributed by atoms with van der Waals surface area (Å²) in [6.45, 7) is 4.53. The molecule has 1 aliphatic carbocycles. The van der Waals surface area contributed by atoms with Gasteiger partial charge in [-0.15, -0.1) is 10.2 Å². The van der Waals surface area contributed by atoms with Crippen LogP contribution in [0, 0.1) is 0 Å². The van der Waals surface area contributed by atoms with Crippen LogP contribution in [0.5, 0.6) is 5.75 Å². The number of rotatable bonds is 8. The molecule has 0 spiro atoms. The molecule has 1 aromatic carbocycles. The van der Waals surface area contributed by atoms with Gasteiger partial charge in [-0.05, 0) is 56.7 Å². The monoisotopic (exact) mass is 415 g/mol. The smallest absolute Gasteiger partial charge is 0.233 e. The number of piperidine rings is 1. The first-order chi connectivity index (χ1) is 14.2. The van der Waals surface area contributed by atoms with Crippen molar-refractivity contribution in [3.8, 4) is 5.75 Å². The van der Waals surface area contributed by atoms with E-state index in [9.17, 15) is 4.79 Å². The molecule has 1 aliphatic heterocycles. The Bertz CT molecular complexity index is 828. The molecule has 1 aromatic heterocycles. The Hall–Kier alpha value is -2.22. The second kappa shape index (κ2) is 9.07. The van der Waals surface area contributed by atoms with Crippen LogP contribution in [-0.2, 0) is 11.3 Å². The second-order valence-electron chi connectivity index (χ2n) is 7.76. The average Bonchev–Trinajstić information content (AvgIpc) is 3.52. The van der Waals surface area contributed by atoms with E-state index in [1.54, 1.807) is 7.11 Å². The molecule has 0 bridgehead atoms. The Labute approximate surface area is 176 Å². The fourth-order valence-electron chi connectivity index (χ4n) is 3.60. The van der Waals surface area contributed by atoms with Crippen molar-refractivity contribution >= 4 is 23.6 Å². The van der Waals surface area contributed by atoms with Crippen LogP contribution < -0.4 is 15.0 Å². The van der Waals surface area contributed by atoms with Crippen LogP contribution in [0.2, 0.25) is 0 Å².